The minimum absolute atomic E-state index is 0. The number of ether oxygens (including phenoxy) is 1. The maximum absolute atomic E-state index is 5.55. The Bertz CT molecular complexity index is 659. The van der Waals surface area contributed by atoms with E-state index in [9.17, 15) is 0 Å². The van der Waals surface area contributed by atoms with Crippen LogP contribution < -0.4 is 15.5 Å². The standard InChI is InChI=1S/C23H40N6O.HI/c1-4-24-23(27-18-21(15-19(2)3)28-11-13-30-14-12-28)26-17-20-7-8-25-22(16-20)29-9-5-6-10-29;/h7-8,16,19,21H,4-6,9-15,17-18H2,1-3H3,(H2,24,26,27);1H. The second-order valence-electron chi connectivity index (χ2n) is 8.72. The summed E-state index contributed by atoms with van der Waals surface area (Å²) in [6.45, 7) is 15.1. The molecular weight excluding hydrogens is 503 g/mol. The van der Waals surface area contributed by atoms with Gasteiger partial charge in [-0.1, -0.05) is 13.8 Å². The molecule has 2 aliphatic heterocycles. The molecule has 8 heteroatoms. The number of halogens is 1. The molecule has 2 saturated heterocycles. The predicted octanol–water partition coefficient (Wildman–Crippen LogP) is 3.10. The molecule has 2 N–H and O–H groups in total. The Kier molecular flexibility index (Phi) is 11.9. The third-order valence-corrected chi connectivity index (χ3v) is 5.81. The van der Waals surface area contributed by atoms with Gasteiger partial charge in [0.25, 0.3) is 0 Å². The van der Waals surface area contributed by atoms with E-state index in [0.29, 0.717) is 18.5 Å². The van der Waals surface area contributed by atoms with Crippen molar-refractivity contribution in [1.29, 1.82) is 0 Å². The zero-order valence-electron chi connectivity index (χ0n) is 19.5. The second-order valence-corrected chi connectivity index (χ2v) is 8.72. The largest absolute Gasteiger partial charge is 0.379 e. The van der Waals surface area contributed by atoms with Gasteiger partial charge in [-0.2, -0.15) is 0 Å². The Morgan fingerprint density at radius 2 is 1.90 bits per heavy atom. The highest BCUT2D eigenvalue weighted by molar-refractivity contribution is 14.0. The summed E-state index contributed by atoms with van der Waals surface area (Å²) in [5.74, 6) is 2.64. The lowest BCUT2D eigenvalue weighted by Gasteiger charge is -2.35. The van der Waals surface area contributed by atoms with Crippen LogP contribution in [-0.4, -0.2) is 74.4 Å². The van der Waals surface area contributed by atoms with Gasteiger partial charge in [-0.3, -0.25) is 4.90 Å². The fourth-order valence-electron chi connectivity index (χ4n) is 4.25. The molecule has 1 aromatic heterocycles. The molecule has 1 unspecified atom stereocenters. The molecule has 0 aromatic carbocycles. The molecule has 1 atom stereocenters. The van der Waals surface area contributed by atoms with Crippen molar-refractivity contribution in [3.05, 3.63) is 23.9 Å². The highest BCUT2D eigenvalue weighted by Gasteiger charge is 2.22. The number of nitrogens with one attached hydrogen (secondary N) is 2. The Labute approximate surface area is 205 Å². The third-order valence-electron chi connectivity index (χ3n) is 5.81. The maximum Gasteiger partial charge on any atom is 0.191 e. The van der Waals surface area contributed by atoms with Crippen molar-refractivity contribution >= 4 is 35.8 Å². The Balaban J connectivity index is 0.00000341. The van der Waals surface area contributed by atoms with Gasteiger partial charge < -0.3 is 20.3 Å². The SMILES string of the molecule is CCNC(=NCc1ccnc(N2CCCC2)c1)NCC(CC(C)C)N1CCOCC1.I. The summed E-state index contributed by atoms with van der Waals surface area (Å²) < 4.78 is 5.55. The topological polar surface area (TPSA) is 65.0 Å². The number of anilines is 1. The van der Waals surface area contributed by atoms with Crippen molar-refractivity contribution in [3.63, 3.8) is 0 Å². The highest BCUT2D eigenvalue weighted by atomic mass is 127. The van der Waals surface area contributed by atoms with E-state index in [-0.39, 0.29) is 24.0 Å². The first kappa shape index (κ1) is 26.1. The van der Waals surface area contributed by atoms with Crippen molar-refractivity contribution < 1.29 is 4.74 Å². The fraction of sp³-hybridized carbons (Fsp3) is 0.739. The molecule has 0 aliphatic carbocycles. The molecule has 1 aromatic rings. The van der Waals surface area contributed by atoms with Gasteiger partial charge in [0.2, 0.25) is 0 Å². The number of aromatic nitrogens is 1. The van der Waals surface area contributed by atoms with E-state index in [1.54, 1.807) is 0 Å². The summed E-state index contributed by atoms with van der Waals surface area (Å²) in [4.78, 5) is 14.3. The summed E-state index contributed by atoms with van der Waals surface area (Å²) in [7, 11) is 0. The number of pyridine rings is 1. The van der Waals surface area contributed by atoms with Crippen LogP contribution in [0, 0.1) is 5.92 Å². The Morgan fingerprint density at radius 3 is 2.58 bits per heavy atom. The van der Waals surface area contributed by atoms with Crippen molar-refractivity contribution in [3.8, 4) is 0 Å². The summed E-state index contributed by atoms with van der Waals surface area (Å²) >= 11 is 0. The maximum atomic E-state index is 5.55. The molecule has 7 nitrogen and oxygen atoms in total. The van der Waals surface area contributed by atoms with Crippen LogP contribution in [0.2, 0.25) is 0 Å². The van der Waals surface area contributed by atoms with E-state index in [4.69, 9.17) is 9.73 Å². The van der Waals surface area contributed by atoms with Crippen LogP contribution in [-0.2, 0) is 11.3 Å². The van der Waals surface area contributed by atoms with E-state index >= 15 is 0 Å². The summed E-state index contributed by atoms with van der Waals surface area (Å²) in [5, 5.41) is 7.00. The molecule has 31 heavy (non-hydrogen) atoms. The molecule has 176 valence electrons. The smallest absolute Gasteiger partial charge is 0.191 e. The zero-order chi connectivity index (χ0) is 21.2. The van der Waals surface area contributed by atoms with E-state index < -0.39 is 0 Å². The molecule has 0 amide bonds. The molecule has 2 fully saturated rings. The van der Waals surface area contributed by atoms with Crippen LogP contribution in [0.1, 0.15) is 45.6 Å². The van der Waals surface area contributed by atoms with Gasteiger partial charge in [-0.15, -0.1) is 24.0 Å². The first-order valence-electron chi connectivity index (χ1n) is 11.7. The normalized spacial score (nSPS) is 18.7. The van der Waals surface area contributed by atoms with E-state index in [2.05, 4.69) is 58.3 Å². The lowest BCUT2D eigenvalue weighted by atomic mass is 10.0. The van der Waals surface area contributed by atoms with Crippen molar-refractivity contribution in [1.82, 2.24) is 20.5 Å². The van der Waals surface area contributed by atoms with Gasteiger partial charge >= 0.3 is 0 Å². The molecule has 0 bridgehead atoms. The first-order chi connectivity index (χ1) is 14.7. The lowest BCUT2D eigenvalue weighted by Crippen LogP contribution is -2.51. The van der Waals surface area contributed by atoms with Crippen LogP contribution in [0.15, 0.2) is 23.3 Å². The highest BCUT2D eigenvalue weighted by Crippen LogP contribution is 2.19. The Hall–Kier alpha value is -1.13. The number of aliphatic imine (C=N–C) groups is 1. The van der Waals surface area contributed by atoms with Crippen LogP contribution in [0.4, 0.5) is 5.82 Å². The molecule has 0 radical (unpaired) electrons. The van der Waals surface area contributed by atoms with Crippen LogP contribution in [0.3, 0.4) is 0 Å². The van der Waals surface area contributed by atoms with Crippen molar-refractivity contribution in [2.45, 2.75) is 52.6 Å². The van der Waals surface area contributed by atoms with E-state index in [0.717, 1.165) is 64.3 Å². The van der Waals surface area contributed by atoms with Gasteiger partial charge in [-0.05, 0) is 49.8 Å². The number of guanidine groups is 1. The van der Waals surface area contributed by atoms with Crippen LogP contribution in [0.25, 0.3) is 0 Å². The van der Waals surface area contributed by atoms with Crippen LogP contribution >= 0.6 is 24.0 Å². The first-order valence-corrected chi connectivity index (χ1v) is 11.7. The summed E-state index contributed by atoms with van der Waals surface area (Å²) in [5.41, 5.74) is 1.20. The number of morpholine rings is 1. The zero-order valence-corrected chi connectivity index (χ0v) is 21.8. The van der Waals surface area contributed by atoms with Gasteiger partial charge in [0.05, 0.1) is 19.8 Å². The number of hydrogen-bond acceptors (Lipinski definition) is 5. The van der Waals surface area contributed by atoms with Gasteiger partial charge in [0.1, 0.15) is 5.82 Å². The third kappa shape index (κ3) is 8.73. The van der Waals surface area contributed by atoms with Crippen molar-refractivity contribution in [2.75, 3.05) is 57.4 Å². The molecule has 0 spiro atoms. The minimum Gasteiger partial charge on any atom is -0.379 e. The Morgan fingerprint density at radius 1 is 1.16 bits per heavy atom. The van der Waals surface area contributed by atoms with E-state index in [1.165, 1.54) is 24.8 Å². The lowest BCUT2D eigenvalue weighted by molar-refractivity contribution is 0.0132. The summed E-state index contributed by atoms with van der Waals surface area (Å²) in [6.07, 6.45) is 5.62. The fourth-order valence-corrected chi connectivity index (χ4v) is 4.25. The van der Waals surface area contributed by atoms with Crippen molar-refractivity contribution in [2.24, 2.45) is 10.9 Å². The summed E-state index contributed by atoms with van der Waals surface area (Å²) in [6, 6.07) is 4.76. The minimum atomic E-state index is 0. The number of rotatable bonds is 9. The predicted molar refractivity (Wildman–Crippen MR) is 140 cm³/mol. The average molecular weight is 545 g/mol. The average Bonchev–Trinajstić information content (AvgIpc) is 3.30. The number of nitrogens with zero attached hydrogens (tertiary/aromatic N) is 4. The van der Waals surface area contributed by atoms with E-state index in [1.807, 2.05) is 6.20 Å². The molecule has 3 rings (SSSR count). The monoisotopic (exact) mass is 544 g/mol. The van der Waals surface area contributed by atoms with Gasteiger partial charge in [0, 0.05) is 51.5 Å². The molecular formula is C23H41IN6O. The molecule has 3 heterocycles. The van der Waals surface area contributed by atoms with Crippen LogP contribution in [0.5, 0.6) is 0 Å². The molecule has 2 aliphatic rings. The van der Waals surface area contributed by atoms with Gasteiger partial charge in [-0.25, -0.2) is 9.98 Å². The quantitative estimate of drug-likeness (QED) is 0.283. The number of hydrogen-bond donors (Lipinski definition) is 2. The molecule has 0 saturated carbocycles. The van der Waals surface area contributed by atoms with Gasteiger partial charge in [0.15, 0.2) is 5.96 Å². The second kappa shape index (κ2) is 14.1.